The smallest absolute Gasteiger partial charge is 0.253 e. The molecule has 1 N–H and O–H groups in total. The lowest BCUT2D eigenvalue weighted by Gasteiger charge is -2.28. The van der Waals surface area contributed by atoms with Gasteiger partial charge in [0.05, 0.1) is 0 Å². The highest BCUT2D eigenvalue weighted by atomic mass is 16.2. The summed E-state index contributed by atoms with van der Waals surface area (Å²) in [6.07, 6.45) is 44.5. The van der Waals surface area contributed by atoms with E-state index >= 15 is 0 Å². The van der Waals surface area contributed by atoms with Crippen molar-refractivity contribution in [2.45, 2.75) is 233 Å². The molecule has 0 aliphatic heterocycles. The Bertz CT molecular complexity index is 952. The van der Waals surface area contributed by atoms with E-state index in [0.717, 1.165) is 51.4 Å². The number of hydrogen-bond donors (Lipinski definition) is 1. The van der Waals surface area contributed by atoms with Gasteiger partial charge in [0.1, 0.15) is 11.4 Å². The molecule has 306 valence electrons. The number of rotatable bonds is 41. The van der Waals surface area contributed by atoms with Crippen LogP contribution < -0.4 is 21.1 Å². The molecular weight excluding hydrogens is 639 g/mol. The number of anilines is 2. The summed E-state index contributed by atoms with van der Waals surface area (Å²) >= 11 is 0. The van der Waals surface area contributed by atoms with Crippen molar-refractivity contribution in [1.82, 2.24) is 4.90 Å². The fourth-order valence-electron chi connectivity index (χ4n) is 8.06. The van der Waals surface area contributed by atoms with Crippen molar-refractivity contribution < 1.29 is 0 Å². The predicted octanol–water partition coefficient (Wildman–Crippen LogP) is 13.6. The van der Waals surface area contributed by atoms with Crippen molar-refractivity contribution in [3.8, 4) is 0 Å². The second kappa shape index (κ2) is 35.3. The van der Waals surface area contributed by atoms with Crippen LogP contribution in [0.3, 0.4) is 0 Å². The van der Waals surface area contributed by atoms with Gasteiger partial charge in [-0.1, -0.05) is 213 Å². The van der Waals surface area contributed by atoms with Crippen molar-refractivity contribution in [2.24, 2.45) is 5.92 Å². The zero-order valence-electron chi connectivity index (χ0n) is 36.0. The van der Waals surface area contributed by atoms with Crippen molar-refractivity contribution in [3.63, 3.8) is 0 Å². The van der Waals surface area contributed by atoms with Crippen LogP contribution in [0.2, 0.25) is 0 Å². The molecule has 0 aliphatic carbocycles. The van der Waals surface area contributed by atoms with Gasteiger partial charge in [0.2, 0.25) is 0 Å². The quantitative estimate of drug-likeness (QED) is 0.0537. The maximum absolute atomic E-state index is 12.9. The first-order valence-corrected chi connectivity index (χ1v) is 23.4. The zero-order valence-corrected chi connectivity index (χ0v) is 36.0. The Balaban J connectivity index is 2.51. The van der Waals surface area contributed by atoms with E-state index in [0.29, 0.717) is 11.4 Å². The van der Waals surface area contributed by atoms with Gasteiger partial charge in [0.25, 0.3) is 10.9 Å². The Labute approximate surface area is 324 Å². The fourth-order valence-corrected chi connectivity index (χ4v) is 8.06. The third kappa shape index (κ3) is 25.6. The molecule has 0 bridgehead atoms. The van der Waals surface area contributed by atoms with E-state index in [1.807, 2.05) is 0 Å². The Hall–Kier alpha value is -1.36. The highest BCUT2D eigenvalue weighted by Crippen LogP contribution is 2.26. The molecule has 0 aromatic heterocycles. The van der Waals surface area contributed by atoms with Gasteiger partial charge < -0.3 is 15.1 Å². The SMILES string of the molecule is CCCCCCCCCCCCCCN(CCCCCCCC(CCCCCCCC)CCCCCCCC)c1c(NCCCN(C)C)c(=O)c1=O. The Kier molecular flexibility index (Phi) is 33.1. The normalized spacial score (nSPS) is 11.8. The van der Waals surface area contributed by atoms with Gasteiger partial charge >= 0.3 is 0 Å². The van der Waals surface area contributed by atoms with Crippen LogP contribution in [0.15, 0.2) is 9.59 Å². The molecule has 0 radical (unpaired) electrons. The lowest BCUT2D eigenvalue weighted by Crippen LogP contribution is -2.43. The standard InChI is InChI=1S/C47H91N3O2/c1-6-9-12-15-18-19-20-21-22-23-28-33-41-50(45-44(46(51)47(45)52)48-39-35-40-49(4)5)42-34-29-24-27-32-38-43(36-30-25-16-13-10-7-2)37-31-26-17-14-11-8-3/h43,48H,6-42H2,1-5H3. The van der Waals surface area contributed by atoms with Gasteiger partial charge in [-0.25, -0.2) is 0 Å². The van der Waals surface area contributed by atoms with Crippen LogP contribution in [0.1, 0.15) is 233 Å². The van der Waals surface area contributed by atoms with Crippen molar-refractivity contribution in [1.29, 1.82) is 0 Å². The highest BCUT2D eigenvalue weighted by Gasteiger charge is 2.25. The molecule has 0 atom stereocenters. The summed E-state index contributed by atoms with van der Waals surface area (Å²) in [7, 11) is 4.15. The van der Waals surface area contributed by atoms with Crippen LogP contribution in [0.5, 0.6) is 0 Å². The number of hydrogen-bond acceptors (Lipinski definition) is 5. The van der Waals surface area contributed by atoms with E-state index in [1.54, 1.807) is 0 Å². The molecular formula is C47H91N3O2. The van der Waals surface area contributed by atoms with Crippen LogP contribution in [-0.4, -0.2) is 45.2 Å². The summed E-state index contributed by atoms with van der Waals surface area (Å²) in [5.74, 6) is 0.932. The van der Waals surface area contributed by atoms with Crippen LogP contribution in [0, 0.1) is 5.92 Å². The number of unbranched alkanes of at least 4 members (excludes halogenated alkanes) is 25. The van der Waals surface area contributed by atoms with Gasteiger partial charge in [-0.2, -0.15) is 0 Å². The fraction of sp³-hybridized carbons (Fsp3) is 0.915. The van der Waals surface area contributed by atoms with E-state index in [2.05, 4.69) is 50.0 Å². The summed E-state index contributed by atoms with van der Waals surface area (Å²) in [5.41, 5.74) is 0.696. The van der Waals surface area contributed by atoms with Crippen LogP contribution in [0.25, 0.3) is 0 Å². The minimum atomic E-state index is -0.309. The van der Waals surface area contributed by atoms with E-state index in [1.165, 1.54) is 193 Å². The third-order valence-corrected chi connectivity index (χ3v) is 11.5. The first-order chi connectivity index (χ1) is 25.5. The maximum Gasteiger partial charge on any atom is 0.253 e. The molecule has 0 saturated heterocycles. The van der Waals surface area contributed by atoms with Gasteiger partial charge in [-0.05, 0) is 45.8 Å². The molecule has 5 nitrogen and oxygen atoms in total. The molecule has 1 aromatic carbocycles. The first-order valence-electron chi connectivity index (χ1n) is 23.4. The summed E-state index contributed by atoms with van der Waals surface area (Å²) in [6, 6.07) is 0. The molecule has 0 spiro atoms. The van der Waals surface area contributed by atoms with E-state index < -0.39 is 0 Å². The van der Waals surface area contributed by atoms with E-state index in [9.17, 15) is 9.59 Å². The number of nitrogens with one attached hydrogen (secondary N) is 1. The molecule has 1 aromatic rings. The largest absolute Gasteiger partial charge is 0.380 e. The summed E-state index contributed by atoms with van der Waals surface area (Å²) in [4.78, 5) is 30.0. The highest BCUT2D eigenvalue weighted by molar-refractivity contribution is 5.75. The second-order valence-electron chi connectivity index (χ2n) is 16.9. The van der Waals surface area contributed by atoms with E-state index in [-0.39, 0.29) is 10.9 Å². The van der Waals surface area contributed by atoms with Crippen LogP contribution in [-0.2, 0) is 0 Å². The first kappa shape index (κ1) is 48.7. The van der Waals surface area contributed by atoms with Gasteiger partial charge in [-0.3, -0.25) is 9.59 Å². The Morgan fingerprint density at radius 3 is 1.13 bits per heavy atom. The van der Waals surface area contributed by atoms with Gasteiger partial charge in [-0.15, -0.1) is 0 Å². The van der Waals surface area contributed by atoms with Crippen LogP contribution >= 0.6 is 0 Å². The molecule has 5 heteroatoms. The van der Waals surface area contributed by atoms with Gasteiger partial charge in [0, 0.05) is 19.6 Å². The third-order valence-electron chi connectivity index (χ3n) is 11.5. The predicted molar refractivity (Wildman–Crippen MR) is 233 cm³/mol. The average Bonchev–Trinajstić information content (AvgIpc) is 3.14. The van der Waals surface area contributed by atoms with Crippen molar-refractivity contribution >= 4 is 11.4 Å². The summed E-state index contributed by atoms with van der Waals surface area (Å²) in [6.45, 7) is 10.4. The lowest BCUT2D eigenvalue weighted by atomic mass is 9.89. The monoisotopic (exact) mass is 730 g/mol. The molecule has 0 amide bonds. The van der Waals surface area contributed by atoms with Crippen molar-refractivity contribution in [2.75, 3.05) is 50.5 Å². The molecule has 0 aliphatic rings. The van der Waals surface area contributed by atoms with E-state index in [4.69, 9.17) is 0 Å². The second-order valence-corrected chi connectivity index (χ2v) is 16.9. The van der Waals surface area contributed by atoms with Crippen LogP contribution in [0.4, 0.5) is 11.4 Å². The molecule has 0 unspecified atom stereocenters. The Morgan fingerprint density at radius 1 is 0.423 bits per heavy atom. The molecule has 52 heavy (non-hydrogen) atoms. The molecule has 0 saturated carbocycles. The number of nitrogens with zero attached hydrogens (tertiary/aromatic N) is 2. The Morgan fingerprint density at radius 2 is 0.769 bits per heavy atom. The molecule has 0 fully saturated rings. The average molecular weight is 730 g/mol. The topological polar surface area (TPSA) is 52.6 Å². The maximum atomic E-state index is 12.9. The lowest BCUT2D eigenvalue weighted by molar-refractivity contribution is 0.366. The zero-order chi connectivity index (χ0) is 37.9. The van der Waals surface area contributed by atoms with Gasteiger partial charge in [0.15, 0.2) is 0 Å². The summed E-state index contributed by atoms with van der Waals surface area (Å²) < 4.78 is 0. The molecule has 0 heterocycles. The summed E-state index contributed by atoms with van der Waals surface area (Å²) in [5, 5.41) is 3.36. The molecule has 1 rings (SSSR count). The minimum Gasteiger partial charge on any atom is -0.380 e. The minimum absolute atomic E-state index is 0.268. The van der Waals surface area contributed by atoms with Crippen molar-refractivity contribution in [3.05, 3.63) is 20.4 Å².